The van der Waals surface area contributed by atoms with E-state index < -0.39 is 5.97 Å². The third-order valence-electron chi connectivity index (χ3n) is 2.57. The molecule has 1 aliphatic rings. The van der Waals surface area contributed by atoms with Gasteiger partial charge in [0.05, 0.1) is 22.9 Å². The lowest BCUT2D eigenvalue weighted by Gasteiger charge is -2.10. The van der Waals surface area contributed by atoms with Gasteiger partial charge in [0.2, 0.25) is 0 Å². The van der Waals surface area contributed by atoms with Crippen molar-refractivity contribution in [3.8, 4) is 11.5 Å². The van der Waals surface area contributed by atoms with Gasteiger partial charge in [0.1, 0.15) is 0 Å². The number of carbonyl (C=O) groups is 1. The van der Waals surface area contributed by atoms with Crippen molar-refractivity contribution in [2.75, 3.05) is 7.11 Å². The molecule has 0 fully saturated rings. The van der Waals surface area contributed by atoms with Crippen LogP contribution in [0.1, 0.15) is 12.5 Å². The van der Waals surface area contributed by atoms with Gasteiger partial charge in [0, 0.05) is 4.47 Å². The Kier molecular flexibility index (Phi) is 3.96. The number of phenolic OH excluding ortho intramolecular Hbond substituents is 1. The summed E-state index contributed by atoms with van der Waals surface area (Å²) in [5.74, 6) is -0.230. The molecular formula is C12H9Br2NO4. The molecule has 1 aromatic carbocycles. The fourth-order valence-corrected chi connectivity index (χ4v) is 2.39. The van der Waals surface area contributed by atoms with Crippen LogP contribution in [-0.4, -0.2) is 23.9 Å². The molecule has 0 bridgehead atoms. The van der Waals surface area contributed by atoms with Crippen molar-refractivity contribution < 1.29 is 19.5 Å². The minimum Gasteiger partial charge on any atom is -0.503 e. The van der Waals surface area contributed by atoms with E-state index in [1.807, 2.05) is 0 Å². The van der Waals surface area contributed by atoms with Gasteiger partial charge < -0.3 is 14.7 Å². The molecule has 5 nitrogen and oxygen atoms in total. The van der Waals surface area contributed by atoms with Gasteiger partial charge in [-0.3, -0.25) is 0 Å². The van der Waals surface area contributed by atoms with E-state index >= 15 is 0 Å². The summed E-state index contributed by atoms with van der Waals surface area (Å²) in [5, 5.41) is 13.4. The Labute approximate surface area is 126 Å². The summed E-state index contributed by atoms with van der Waals surface area (Å²) >= 11 is 6.59. The fraction of sp³-hybridized carbons (Fsp3) is 0.167. The van der Waals surface area contributed by atoms with Crippen molar-refractivity contribution in [3.05, 3.63) is 26.1 Å². The Morgan fingerprint density at radius 3 is 2.63 bits per heavy atom. The van der Waals surface area contributed by atoms with Crippen LogP contribution in [0.2, 0.25) is 0 Å². The topological polar surface area (TPSA) is 68.1 Å². The highest BCUT2D eigenvalue weighted by Gasteiger charge is 2.23. The second-order valence-corrected chi connectivity index (χ2v) is 5.34. The monoisotopic (exact) mass is 389 g/mol. The lowest BCUT2D eigenvalue weighted by Crippen LogP contribution is -2.02. The first-order valence-electron chi connectivity index (χ1n) is 5.18. The van der Waals surface area contributed by atoms with Crippen LogP contribution < -0.4 is 4.74 Å². The van der Waals surface area contributed by atoms with Crippen LogP contribution in [-0.2, 0) is 9.63 Å². The van der Waals surface area contributed by atoms with Crippen molar-refractivity contribution >= 4 is 49.6 Å². The maximum Gasteiger partial charge on any atom is 0.367 e. The molecule has 100 valence electrons. The molecule has 0 aliphatic carbocycles. The molecule has 7 heteroatoms. The summed E-state index contributed by atoms with van der Waals surface area (Å²) in [4.78, 5) is 16.1. The zero-order valence-electron chi connectivity index (χ0n) is 10.0. The largest absolute Gasteiger partial charge is 0.503 e. The van der Waals surface area contributed by atoms with Crippen LogP contribution in [0.3, 0.4) is 0 Å². The number of hydrogen-bond acceptors (Lipinski definition) is 5. The SMILES string of the molecule is COc1cc(/C=C2\C(=O)ON=C2C)c(Br)c(Br)c1O. The van der Waals surface area contributed by atoms with Crippen LogP contribution in [0.5, 0.6) is 11.5 Å². The molecule has 0 saturated carbocycles. The summed E-state index contributed by atoms with van der Waals surface area (Å²) in [6.07, 6.45) is 1.62. The van der Waals surface area contributed by atoms with Crippen LogP contribution in [0.15, 0.2) is 25.7 Å². The van der Waals surface area contributed by atoms with E-state index in [9.17, 15) is 9.90 Å². The standard InChI is InChI=1S/C12H9Br2NO4/c1-5-7(12(17)19-15-5)3-6-4-8(18-2)11(16)10(14)9(6)13/h3-4,16H,1-2H3/b7-3-. The van der Waals surface area contributed by atoms with Gasteiger partial charge in [-0.1, -0.05) is 5.16 Å². The smallest absolute Gasteiger partial charge is 0.367 e. The van der Waals surface area contributed by atoms with Crippen molar-refractivity contribution in [1.82, 2.24) is 0 Å². The first-order chi connectivity index (χ1) is 8.95. The summed E-state index contributed by atoms with van der Waals surface area (Å²) < 4.78 is 6.11. The molecular weight excluding hydrogens is 382 g/mol. The van der Waals surface area contributed by atoms with Gasteiger partial charge >= 0.3 is 5.97 Å². The number of aromatic hydroxyl groups is 1. The van der Waals surface area contributed by atoms with E-state index in [0.29, 0.717) is 31.5 Å². The van der Waals surface area contributed by atoms with Gasteiger partial charge in [-0.2, -0.15) is 0 Å². The van der Waals surface area contributed by atoms with E-state index in [0.717, 1.165) is 0 Å². The third-order valence-corrected chi connectivity index (χ3v) is 4.73. The number of carbonyl (C=O) groups excluding carboxylic acids is 1. The second-order valence-electron chi connectivity index (χ2n) is 3.76. The molecule has 0 spiro atoms. The van der Waals surface area contributed by atoms with Gasteiger partial charge in [-0.15, -0.1) is 0 Å². The van der Waals surface area contributed by atoms with Crippen LogP contribution in [0, 0.1) is 0 Å². The zero-order chi connectivity index (χ0) is 14.2. The molecule has 1 heterocycles. The number of methoxy groups -OCH3 is 1. The Balaban J connectivity index is 2.58. The second kappa shape index (κ2) is 5.34. The number of benzene rings is 1. The van der Waals surface area contributed by atoms with Crippen molar-refractivity contribution in [2.45, 2.75) is 6.92 Å². The maximum atomic E-state index is 11.5. The highest BCUT2D eigenvalue weighted by Crippen LogP contribution is 2.42. The van der Waals surface area contributed by atoms with E-state index in [4.69, 9.17) is 4.74 Å². The number of ether oxygens (including phenoxy) is 1. The van der Waals surface area contributed by atoms with Crippen LogP contribution in [0.4, 0.5) is 0 Å². The lowest BCUT2D eigenvalue weighted by atomic mass is 10.1. The average molecular weight is 391 g/mol. The summed E-state index contributed by atoms with van der Waals surface area (Å²) in [6.45, 7) is 1.68. The van der Waals surface area contributed by atoms with Crippen LogP contribution >= 0.6 is 31.9 Å². The first kappa shape index (κ1) is 14.1. The molecule has 1 N–H and O–H groups in total. The summed E-state index contributed by atoms with van der Waals surface area (Å²) in [7, 11) is 1.45. The Morgan fingerprint density at radius 2 is 2.11 bits per heavy atom. The molecule has 1 aliphatic heterocycles. The Hall–Kier alpha value is -1.34. The molecule has 0 atom stereocenters. The van der Waals surface area contributed by atoms with Gasteiger partial charge in [-0.05, 0) is 56.5 Å². The van der Waals surface area contributed by atoms with E-state index in [2.05, 4.69) is 41.9 Å². The number of halogens is 2. The number of rotatable bonds is 2. The summed E-state index contributed by atoms with van der Waals surface area (Å²) in [6, 6.07) is 1.61. The first-order valence-corrected chi connectivity index (χ1v) is 6.77. The highest BCUT2D eigenvalue weighted by molar-refractivity contribution is 9.13. The Bertz CT molecular complexity index is 623. The number of phenols is 1. The van der Waals surface area contributed by atoms with Crippen molar-refractivity contribution in [3.63, 3.8) is 0 Å². The number of hydrogen-bond donors (Lipinski definition) is 1. The molecule has 0 radical (unpaired) electrons. The molecule has 1 aromatic rings. The van der Waals surface area contributed by atoms with Crippen molar-refractivity contribution in [1.29, 1.82) is 0 Å². The van der Waals surface area contributed by atoms with E-state index in [-0.39, 0.29) is 5.75 Å². The molecule has 19 heavy (non-hydrogen) atoms. The quantitative estimate of drug-likeness (QED) is 0.621. The number of oxime groups is 1. The maximum absolute atomic E-state index is 11.5. The van der Waals surface area contributed by atoms with Gasteiger partial charge in [0.25, 0.3) is 0 Å². The average Bonchev–Trinajstić information content (AvgIpc) is 2.70. The molecule has 0 unspecified atom stereocenters. The van der Waals surface area contributed by atoms with Gasteiger partial charge in [-0.25, -0.2) is 4.79 Å². The van der Waals surface area contributed by atoms with E-state index in [1.54, 1.807) is 19.1 Å². The van der Waals surface area contributed by atoms with E-state index in [1.165, 1.54) is 7.11 Å². The van der Waals surface area contributed by atoms with Crippen LogP contribution in [0.25, 0.3) is 6.08 Å². The predicted molar refractivity (Wildman–Crippen MR) is 77.2 cm³/mol. The molecule has 2 rings (SSSR count). The summed E-state index contributed by atoms with van der Waals surface area (Å²) in [5.41, 5.74) is 1.52. The lowest BCUT2D eigenvalue weighted by molar-refractivity contribution is -0.136. The van der Waals surface area contributed by atoms with Crippen molar-refractivity contribution in [2.24, 2.45) is 5.16 Å². The molecule has 0 aromatic heterocycles. The van der Waals surface area contributed by atoms with Gasteiger partial charge in [0.15, 0.2) is 11.5 Å². The third kappa shape index (κ3) is 2.52. The normalized spacial score (nSPS) is 16.5. The highest BCUT2D eigenvalue weighted by atomic mass is 79.9. The molecule has 0 saturated heterocycles. The predicted octanol–water partition coefficient (Wildman–Crippen LogP) is 3.24. The zero-order valence-corrected chi connectivity index (χ0v) is 13.2. The fourth-order valence-electron chi connectivity index (χ4n) is 1.55. The molecule has 0 amide bonds. The number of nitrogens with zero attached hydrogens (tertiary/aromatic N) is 1. The minimum atomic E-state index is -0.507. The minimum absolute atomic E-state index is 0.0177. The Morgan fingerprint density at radius 1 is 1.42 bits per heavy atom.